The number of ketones is 1. The molecule has 0 bridgehead atoms. The van der Waals surface area contributed by atoms with Crippen LogP contribution in [0.25, 0.3) is 0 Å². The van der Waals surface area contributed by atoms with Gasteiger partial charge in [-0.25, -0.2) is 0 Å². The fraction of sp³-hybridized carbons (Fsp3) is 0.409. The van der Waals surface area contributed by atoms with E-state index in [4.69, 9.17) is 4.74 Å². The highest BCUT2D eigenvalue weighted by molar-refractivity contribution is 6.01. The molecule has 0 aliphatic carbocycles. The van der Waals surface area contributed by atoms with Crippen LogP contribution < -0.4 is 4.74 Å². The Morgan fingerprint density at radius 3 is 2.32 bits per heavy atom. The second kappa shape index (κ2) is 9.46. The fourth-order valence-corrected chi connectivity index (χ4v) is 3.62. The van der Waals surface area contributed by atoms with Gasteiger partial charge in [0.1, 0.15) is 12.4 Å². The van der Waals surface area contributed by atoms with Gasteiger partial charge in [-0.15, -0.1) is 0 Å². The van der Waals surface area contributed by atoms with Crippen molar-refractivity contribution in [2.75, 3.05) is 26.2 Å². The second-order valence-electron chi connectivity index (χ2n) is 7.10. The molecule has 1 atom stereocenters. The van der Waals surface area contributed by atoms with E-state index in [0.717, 1.165) is 30.9 Å². The van der Waals surface area contributed by atoms with Crippen LogP contribution in [-0.2, 0) is 0 Å². The van der Waals surface area contributed by atoms with Crippen molar-refractivity contribution in [2.45, 2.75) is 32.1 Å². The van der Waals surface area contributed by atoms with Crippen LogP contribution in [0, 0.1) is 10.1 Å². The lowest BCUT2D eigenvalue weighted by Gasteiger charge is -2.16. The van der Waals surface area contributed by atoms with Gasteiger partial charge in [-0.2, -0.15) is 0 Å². The Bertz CT molecular complexity index is 796. The summed E-state index contributed by atoms with van der Waals surface area (Å²) in [5.41, 5.74) is 1.45. The molecule has 28 heavy (non-hydrogen) atoms. The van der Waals surface area contributed by atoms with Crippen molar-refractivity contribution in [2.24, 2.45) is 0 Å². The van der Waals surface area contributed by atoms with E-state index in [1.807, 2.05) is 19.1 Å². The van der Waals surface area contributed by atoms with Crippen molar-refractivity contribution < 1.29 is 14.5 Å². The zero-order valence-corrected chi connectivity index (χ0v) is 16.2. The van der Waals surface area contributed by atoms with Gasteiger partial charge in [0, 0.05) is 30.2 Å². The first kappa shape index (κ1) is 20.0. The zero-order valence-electron chi connectivity index (χ0n) is 16.2. The van der Waals surface area contributed by atoms with Crippen molar-refractivity contribution in [3.05, 3.63) is 69.8 Å². The van der Waals surface area contributed by atoms with Gasteiger partial charge in [0.2, 0.25) is 0 Å². The summed E-state index contributed by atoms with van der Waals surface area (Å²) in [6.45, 7) is 5.82. The van der Waals surface area contributed by atoms with Crippen molar-refractivity contribution in [1.82, 2.24) is 4.90 Å². The molecule has 0 aromatic heterocycles. The summed E-state index contributed by atoms with van der Waals surface area (Å²) in [4.78, 5) is 25.7. The van der Waals surface area contributed by atoms with E-state index < -0.39 is 4.92 Å². The molecule has 6 heteroatoms. The summed E-state index contributed by atoms with van der Waals surface area (Å²) in [6, 6.07) is 13.5. The second-order valence-corrected chi connectivity index (χ2v) is 7.10. The lowest BCUT2D eigenvalue weighted by atomic mass is 9.88. The Morgan fingerprint density at radius 1 is 1.11 bits per heavy atom. The molecule has 2 aromatic carbocycles. The topological polar surface area (TPSA) is 72.7 Å². The molecular weight excluding hydrogens is 356 g/mol. The summed E-state index contributed by atoms with van der Waals surface area (Å²) in [5.74, 6) is 0.460. The zero-order chi connectivity index (χ0) is 19.9. The maximum absolute atomic E-state index is 12.9. The van der Waals surface area contributed by atoms with Crippen LogP contribution in [0.3, 0.4) is 0 Å². The van der Waals surface area contributed by atoms with Crippen molar-refractivity contribution in [3.8, 4) is 5.75 Å². The average Bonchev–Trinajstić information content (AvgIpc) is 3.23. The number of Topliss-reactive ketones (excluding diaryl/α,β-unsaturated/α-hetero) is 1. The summed E-state index contributed by atoms with van der Waals surface area (Å²) in [5, 5.41) is 10.8. The number of nitrogens with zero attached hydrogens (tertiary/aromatic N) is 2. The predicted molar refractivity (Wildman–Crippen MR) is 108 cm³/mol. The molecular formula is C22H26N2O4. The Labute approximate surface area is 165 Å². The van der Waals surface area contributed by atoms with E-state index in [9.17, 15) is 14.9 Å². The smallest absolute Gasteiger partial charge is 0.269 e. The molecule has 1 aliphatic heterocycles. The highest BCUT2D eigenvalue weighted by Crippen LogP contribution is 2.27. The molecule has 0 amide bonds. The minimum Gasteiger partial charge on any atom is -0.492 e. The number of nitro groups is 1. The Morgan fingerprint density at radius 2 is 1.75 bits per heavy atom. The quantitative estimate of drug-likeness (QED) is 0.364. The first-order valence-electron chi connectivity index (χ1n) is 9.82. The third kappa shape index (κ3) is 4.95. The van der Waals surface area contributed by atoms with E-state index in [2.05, 4.69) is 4.90 Å². The number of carbonyl (C=O) groups is 1. The Balaban J connectivity index is 1.60. The first-order valence-corrected chi connectivity index (χ1v) is 9.82. The number of non-ortho nitro benzene ring substituents is 1. The van der Waals surface area contributed by atoms with Crippen LogP contribution in [-0.4, -0.2) is 41.8 Å². The molecule has 1 fully saturated rings. The number of rotatable bonds is 9. The fourth-order valence-electron chi connectivity index (χ4n) is 3.62. The molecule has 148 valence electrons. The minimum atomic E-state index is -0.436. The molecule has 0 radical (unpaired) electrons. The highest BCUT2D eigenvalue weighted by Gasteiger charge is 2.21. The molecule has 1 unspecified atom stereocenters. The largest absolute Gasteiger partial charge is 0.492 e. The Kier molecular flexibility index (Phi) is 6.76. The average molecular weight is 382 g/mol. The molecule has 1 aliphatic rings. The number of hydrogen-bond acceptors (Lipinski definition) is 5. The molecule has 6 nitrogen and oxygen atoms in total. The number of likely N-dealkylation sites (tertiary alicyclic amines) is 1. The van der Waals surface area contributed by atoms with Crippen LogP contribution in [0.2, 0.25) is 0 Å². The van der Waals surface area contributed by atoms with Crippen molar-refractivity contribution >= 4 is 11.5 Å². The van der Waals surface area contributed by atoms with Gasteiger partial charge in [0.05, 0.1) is 4.92 Å². The molecule has 0 saturated carbocycles. The van der Waals surface area contributed by atoms with Crippen LogP contribution in [0.4, 0.5) is 5.69 Å². The van der Waals surface area contributed by atoms with Crippen LogP contribution in [0.5, 0.6) is 5.75 Å². The minimum absolute atomic E-state index is 0.0139. The predicted octanol–water partition coefficient (Wildman–Crippen LogP) is 4.45. The van der Waals surface area contributed by atoms with Crippen LogP contribution in [0.1, 0.15) is 48.0 Å². The third-order valence-corrected chi connectivity index (χ3v) is 5.24. The van der Waals surface area contributed by atoms with Gasteiger partial charge < -0.3 is 4.74 Å². The molecule has 2 aromatic rings. The van der Waals surface area contributed by atoms with Gasteiger partial charge in [0.15, 0.2) is 5.78 Å². The van der Waals surface area contributed by atoms with Crippen molar-refractivity contribution in [3.63, 3.8) is 0 Å². The van der Waals surface area contributed by atoms with E-state index in [0.29, 0.717) is 18.6 Å². The molecule has 1 heterocycles. The molecule has 0 spiro atoms. The molecule has 3 rings (SSSR count). The SMILES string of the molecule is CCC(C(=O)c1ccc(OCCN2CCCC2)cc1)c1ccc([N+](=O)[O-])cc1. The van der Waals surface area contributed by atoms with E-state index in [1.54, 1.807) is 24.3 Å². The normalized spacial score (nSPS) is 15.3. The van der Waals surface area contributed by atoms with E-state index in [-0.39, 0.29) is 17.4 Å². The summed E-state index contributed by atoms with van der Waals surface area (Å²) in [6.07, 6.45) is 3.17. The lowest BCUT2D eigenvalue weighted by Crippen LogP contribution is -2.25. The summed E-state index contributed by atoms with van der Waals surface area (Å²) >= 11 is 0. The van der Waals surface area contributed by atoms with E-state index in [1.165, 1.54) is 25.0 Å². The van der Waals surface area contributed by atoms with E-state index >= 15 is 0 Å². The Hall–Kier alpha value is -2.73. The first-order chi connectivity index (χ1) is 13.6. The summed E-state index contributed by atoms with van der Waals surface area (Å²) in [7, 11) is 0. The van der Waals surface area contributed by atoms with Gasteiger partial charge >= 0.3 is 0 Å². The maximum atomic E-state index is 12.9. The van der Waals surface area contributed by atoms with Crippen LogP contribution >= 0.6 is 0 Å². The molecule has 0 N–H and O–H groups in total. The monoisotopic (exact) mass is 382 g/mol. The number of nitro benzene ring substituents is 1. The number of benzene rings is 2. The third-order valence-electron chi connectivity index (χ3n) is 5.24. The maximum Gasteiger partial charge on any atom is 0.269 e. The summed E-state index contributed by atoms with van der Waals surface area (Å²) < 4.78 is 5.79. The van der Waals surface area contributed by atoms with Crippen molar-refractivity contribution in [1.29, 1.82) is 0 Å². The number of hydrogen-bond donors (Lipinski definition) is 0. The van der Waals surface area contributed by atoms with Gasteiger partial charge in [-0.1, -0.05) is 19.1 Å². The number of ether oxygens (including phenoxy) is 1. The lowest BCUT2D eigenvalue weighted by molar-refractivity contribution is -0.384. The van der Waals surface area contributed by atoms with Gasteiger partial charge in [0.25, 0.3) is 5.69 Å². The standard InChI is InChI=1S/C22H26N2O4/c1-2-21(17-5-9-19(10-6-17)24(26)27)22(25)18-7-11-20(12-8-18)28-16-15-23-13-3-4-14-23/h5-12,21H,2-4,13-16H2,1H3. The van der Waals surface area contributed by atoms with Crippen LogP contribution in [0.15, 0.2) is 48.5 Å². The highest BCUT2D eigenvalue weighted by atomic mass is 16.6. The molecule has 1 saturated heterocycles. The van der Waals surface area contributed by atoms with Gasteiger partial charge in [-0.05, 0) is 62.2 Å². The van der Waals surface area contributed by atoms with Gasteiger partial charge in [-0.3, -0.25) is 19.8 Å². The number of carbonyl (C=O) groups excluding carboxylic acids is 1.